The molecule has 0 bridgehead atoms. The molecule has 4 heterocycles. The first-order valence-electron chi connectivity index (χ1n) is 9.34. The third-order valence-electron chi connectivity index (χ3n) is 5.25. The minimum Gasteiger partial charge on any atom is -0.370 e. The van der Waals surface area contributed by atoms with E-state index in [0.717, 1.165) is 62.6 Å². The SMILES string of the molecule is CC(C)Cc1nc2c(c(N3CCOC4(CCNC4)C3)n1)CCNC2=O.Cl.Cl. The van der Waals surface area contributed by atoms with E-state index in [4.69, 9.17) is 9.72 Å². The van der Waals surface area contributed by atoms with E-state index in [9.17, 15) is 4.79 Å². The van der Waals surface area contributed by atoms with Crippen LogP contribution in [-0.4, -0.2) is 60.8 Å². The summed E-state index contributed by atoms with van der Waals surface area (Å²) in [5.41, 5.74) is 1.45. The number of fused-ring (bicyclic) bond motifs is 1. The van der Waals surface area contributed by atoms with E-state index >= 15 is 0 Å². The van der Waals surface area contributed by atoms with E-state index in [0.29, 0.717) is 24.8 Å². The Morgan fingerprint density at radius 3 is 2.78 bits per heavy atom. The zero-order valence-electron chi connectivity index (χ0n) is 15.9. The lowest BCUT2D eigenvalue weighted by atomic mass is 9.99. The molecule has 9 heteroatoms. The number of nitrogens with one attached hydrogen (secondary N) is 2. The molecule has 1 unspecified atom stereocenters. The molecular formula is C18H29Cl2N5O2. The molecule has 0 saturated carbocycles. The van der Waals surface area contributed by atoms with Crippen LogP contribution in [0.25, 0.3) is 0 Å². The van der Waals surface area contributed by atoms with Crippen molar-refractivity contribution in [3.63, 3.8) is 0 Å². The van der Waals surface area contributed by atoms with Gasteiger partial charge in [0.15, 0.2) is 0 Å². The number of halogens is 2. The van der Waals surface area contributed by atoms with E-state index in [-0.39, 0.29) is 36.3 Å². The van der Waals surface area contributed by atoms with Gasteiger partial charge in [-0.05, 0) is 25.3 Å². The molecule has 1 atom stereocenters. The molecule has 1 aromatic rings. The number of hydrogen-bond acceptors (Lipinski definition) is 6. The van der Waals surface area contributed by atoms with Crippen LogP contribution in [0.2, 0.25) is 0 Å². The average Bonchev–Trinajstić information content (AvgIpc) is 3.02. The van der Waals surface area contributed by atoms with Crippen LogP contribution in [0.4, 0.5) is 5.82 Å². The lowest BCUT2D eigenvalue weighted by Crippen LogP contribution is -2.54. The van der Waals surface area contributed by atoms with Gasteiger partial charge in [0, 0.05) is 38.2 Å². The minimum atomic E-state index is -0.120. The molecule has 1 spiro atoms. The van der Waals surface area contributed by atoms with Crippen molar-refractivity contribution in [2.24, 2.45) is 5.92 Å². The van der Waals surface area contributed by atoms with Gasteiger partial charge < -0.3 is 20.3 Å². The van der Waals surface area contributed by atoms with Crippen LogP contribution >= 0.6 is 24.8 Å². The lowest BCUT2D eigenvalue weighted by Gasteiger charge is -2.41. The van der Waals surface area contributed by atoms with E-state index < -0.39 is 0 Å². The Kier molecular flexibility index (Phi) is 7.30. The quantitative estimate of drug-likeness (QED) is 0.772. The molecule has 2 saturated heterocycles. The largest absolute Gasteiger partial charge is 0.370 e. The summed E-state index contributed by atoms with van der Waals surface area (Å²) in [6.45, 7) is 9.18. The first-order valence-corrected chi connectivity index (χ1v) is 9.34. The molecule has 4 rings (SSSR count). The molecular weight excluding hydrogens is 389 g/mol. The summed E-state index contributed by atoms with van der Waals surface area (Å²) in [4.78, 5) is 24.2. The van der Waals surface area contributed by atoms with Crippen molar-refractivity contribution in [3.8, 4) is 0 Å². The number of nitrogens with zero attached hydrogens (tertiary/aromatic N) is 3. The average molecular weight is 418 g/mol. The standard InChI is InChI=1S/C18H27N5O2.2ClH/c1-12(2)9-14-21-15-13(3-5-20-17(15)24)16(22-14)23-7-8-25-18(11-23)4-6-19-10-18;;/h12,19H,3-11H2,1-2H3,(H,20,24);2*1H. The Morgan fingerprint density at radius 2 is 2.07 bits per heavy atom. The molecule has 7 nitrogen and oxygen atoms in total. The maximum Gasteiger partial charge on any atom is 0.270 e. The molecule has 27 heavy (non-hydrogen) atoms. The predicted octanol–water partition coefficient (Wildman–Crippen LogP) is 1.37. The summed E-state index contributed by atoms with van der Waals surface area (Å²) < 4.78 is 6.11. The van der Waals surface area contributed by atoms with Crippen LogP contribution in [-0.2, 0) is 17.6 Å². The Morgan fingerprint density at radius 1 is 1.26 bits per heavy atom. The van der Waals surface area contributed by atoms with Gasteiger partial charge in [0.25, 0.3) is 5.91 Å². The van der Waals surface area contributed by atoms with Crippen molar-refractivity contribution in [1.29, 1.82) is 0 Å². The van der Waals surface area contributed by atoms with Gasteiger partial charge in [-0.3, -0.25) is 4.79 Å². The number of hydrogen-bond donors (Lipinski definition) is 2. The zero-order valence-corrected chi connectivity index (χ0v) is 17.5. The maximum atomic E-state index is 12.4. The molecule has 0 radical (unpaired) electrons. The number of rotatable bonds is 3. The van der Waals surface area contributed by atoms with Gasteiger partial charge in [0.1, 0.15) is 17.3 Å². The molecule has 2 fully saturated rings. The Bertz CT molecular complexity index is 680. The fourth-order valence-electron chi connectivity index (χ4n) is 4.04. The maximum absolute atomic E-state index is 12.4. The number of carbonyl (C=O) groups is 1. The summed E-state index contributed by atoms with van der Waals surface area (Å²) in [7, 11) is 0. The molecule has 1 aromatic heterocycles. The molecule has 1 amide bonds. The number of ether oxygens (including phenoxy) is 1. The normalized spacial score (nSPS) is 24.3. The van der Waals surface area contributed by atoms with Gasteiger partial charge >= 0.3 is 0 Å². The van der Waals surface area contributed by atoms with Crippen LogP contribution in [0.1, 0.15) is 42.1 Å². The third kappa shape index (κ3) is 4.47. The summed E-state index contributed by atoms with van der Waals surface area (Å²) in [5, 5.41) is 6.33. The smallest absolute Gasteiger partial charge is 0.270 e. The van der Waals surface area contributed by atoms with E-state index in [2.05, 4.69) is 34.4 Å². The van der Waals surface area contributed by atoms with Gasteiger partial charge in [-0.2, -0.15) is 0 Å². The Balaban J connectivity index is 0.00000131. The van der Waals surface area contributed by atoms with Crippen LogP contribution in [0.15, 0.2) is 0 Å². The van der Waals surface area contributed by atoms with Crippen LogP contribution in [0.3, 0.4) is 0 Å². The second-order valence-corrected chi connectivity index (χ2v) is 7.77. The fraction of sp³-hybridized carbons (Fsp3) is 0.722. The van der Waals surface area contributed by atoms with Gasteiger partial charge in [-0.1, -0.05) is 13.8 Å². The highest BCUT2D eigenvalue weighted by Gasteiger charge is 2.41. The number of morpholine rings is 1. The van der Waals surface area contributed by atoms with Crippen molar-refractivity contribution < 1.29 is 9.53 Å². The van der Waals surface area contributed by atoms with Crippen LogP contribution < -0.4 is 15.5 Å². The second kappa shape index (κ2) is 8.90. The first kappa shape index (κ1) is 22.1. The molecule has 152 valence electrons. The number of aromatic nitrogens is 2. The van der Waals surface area contributed by atoms with Gasteiger partial charge in [-0.25, -0.2) is 9.97 Å². The zero-order chi connectivity index (χ0) is 17.4. The predicted molar refractivity (Wildman–Crippen MR) is 109 cm³/mol. The summed E-state index contributed by atoms with van der Waals surface area (Å²) >= 11 is 0. The summed E-state index contributed by atoms with van der Waals surface area (Å²) in [6.07, 6.45) is 2.60. The van der Waals surface area contributed by atoms with Crippen molar-refractivity contribution in [1.82, 2.24) is 20.6 Å². The number of carbonyl (C=O) groups excluding carboxylic acids is 1. The number of amides is 1. The number of anilines is 1. The van der Waals surface area contributed by atoms with Crippen molar-refractivity contribution in [2.75, 3.05) is 44.2 Å². The third-order valence-corrected chi connectivity index (χ3v) is 5.25. The molecule has 0 aromatic carbocycles. The Hall–Kier alpha value is -1.15. The highest BCUT2D eigenvalue weighted by atomic mass is 35.5. The highest BCUT2D eigenvalue weighted by molar-refractivity contribution is 5.96. The first-order chi connectivity index (χ1) is 12.1. The lowest BCUT2D eigenvalue weighted by molar-refractivity contribution is -0.0406. The Labute approximate surface area is 172 Å². The van der Waals surface area contributed by atoms with Crippen molar-refractivity contribution >= 4 is 36.5 Å². The summed E-state index contributed by atoms with van der Waals surface area (Å²) in [5.74, 6) is 2.10. The molecule has 0 aliphatic carbocycles. The van der Waals surface area contributed by atoms with Crippen LogP contribution in [0, 0.1) is 5.92 Å². The highest BCUT2D eigenvalue weighted by Crippen LogP contribution is 2.31. The topological polar surface area (TPSA) is 79.4 Å². The monoisotopic (exact) mass is 417 g/mol. The van der Waals surface area contributed by atoms with Gasteiger partial charge in [0.05, 0.1) is 12.2 Å². The van der Waals surface area contributed by atoms with E-state index in [1.165, 1.54) is 0 Å². The molecule has 2 N–H and O–H groups in total. The summed E-state index contributed by atoms with van der Waals surface area (Å²) in [6, 6.07) is 0. The van der Waals surface area contributed by atoms with E-state index in [1.54, 1.807) is 0 Å². The molecule has 3 aliphatic heterocycles. The van der Waals surface area contributed by atoms with Gasteiger partial charge in [0.2, 0.25) is 0 Å². The van der Waals surface area contributed by atoms with Crippen LogP contribution in [0.5, 0.6) is 0 Å². The molecule has 3 aliphatic rings. The van der Waals surface area contributed by atoms with E-state index in [1.807, 2.05) is 0 Å². The van der Waals surface area contributed by atoms with Crippen molar-refractivity contribution in [2.45, 2.75) is 38.7 Å². The fourth-order valence-corrected chi connectivity index (χ4v) is 4.04. The van der Waals surface area contributed by atoms with Gasteiger partial charge in [-0.15, -0.1) is 24.8 Å². The minimum absolute atomic E-state index is 0. The second-order valence-electron chi connectivity index (χ2n) is 7.77. The van der Waals surface area contributed by atoms with Crippen molar-refractivity contribution in [3.05, 3.63) is 17.1 Å².